The molecule has 0 aromatic rings. The van der Waals surface area contributed by atoms with Gasteiger partial charge in [0, 0.05) is 13.1 Å². The minimum atomic E-state index is 0.0126. The van der Waals surface area contributed by atoms with Gasteiger partial charge in [-0.3, -0.25) is 5.32 Å². The van der Waals surface area contributed by atoms with E-state index in [9.17, 15) is 5.11 Å². The Morgan fingerprint density at radius 1 is 1.54 bits per heavy atom. The van der Waals surface area contributed by atoms with Crippen molar-refractivity contribution >= 4 is 17.6 Å². The summed E-state index contributed by atoms with van der Waals surface area (Å²) in [6, 6.07) is 0. The van der Waals surface area contributed by atoms with E-state index in [4.69, 9.17) is 11.6 Å². The van der Waals surface area contributed by atoms with Crippen LogP contribution in [0, 0.1) is 0 Å². The van der Waals surface area contributed by atoms with Gasteiger partial charge in [0.05, 0.1) is 11.6 Å². The second-order valence-electron chi connectivity index (χ2n) is 2.69. The maximum atomic E-state index is 9.32. The van der Waals surface area contributed by atoms with Crippen molar-refractivity contribution < 1.29 is 5.11 Å². The summed E-state index contributed by atoms with van der Waals surface area (Å²) >= 11 is 5.67. The lowest BCUT2D eigenvalue weighted by Gasteiger charge is -2.25. The fourth-order valence-electron chi connectivity index (χ4n) is 1.13. The van der Waals surface area contributed by atoms with E-state index >= 15 is 0 Å². The Morgan fingerprint density at radius 2 is 2.15 bits per heavy atom. The van der Waals surface area contributed by atoms with Crippen molar-refractivity contribution in [2.24, 2.45) is 4.99 Å². The highest BCUT2D eigenvalue weighted by molar-refractivity contribution is 6.30. The zero-order valence-corrected chi connectivity index (χ0v) is 8.60. The van der Waals surface area contributed by atoms with E-state index in [1.807, 2.05) is 18.7 Å². The molecule has 4 nitrogen and oxygen atoms in total. The Morgan fingerprint density at radius 3 is 2.62 bits per heavy atom. The summed E-state index contributed by atoms with van der Waals surface area (Å²) in [5.41, 5.74) is 0. The molecule has 1 rings (SSSR count). The van der Waals surface area contributed by atoms with Crippen molar-refractivity contribution in [3.8, 4) is 0 Å². The molecule has 0 radical (unpaired) electrons. The van der Waals surface area contributed by atoms with E-state index in [2.05, 4.69) is 10.3 Å². The van der Waals surface area contributed by atoms with E-state index in [0.29, 0.717) is 17.5 Å². The Bertz CT molecular complexity index is 246. The molecule has 0 unspecified atom stereocenters. The highest BCUT2D eigenvalue weighted by Gasteiger charge is 2.15. The molecule has 0 saturated carbocycles. The molecule has 5 heteroatoms. The van der Waals surface area contributed by atoms with Crippen LogP contribution in [-0.4, -0.2) is 35.6 Å². The summed E-state index contributed by atoms with van der Waals surface area (Å²) in [7, 11) is 0. The van der Waals surface area contributed by atoms with E-state index < -0.39 is 0 Å². The Labute approximate surface area is 82.9 Å². The lowest BCUT2D eigenvalue weighted by molar-refractivity contribution is 0.361. The first-order valence-electron chi connectivity index (χ1n) is 4.33. The molecule has 13 heavy (non-hydrogen) atoms. The number of nitrogens with one attached hydrogen (secondary N) is 1. The van der Waals surface area contributed by atoms with Crippen molar-refractivity contribution in [3.05, 3.63) is 10.9 Å². The van der Waals surface area contributed by atoms with Crippen LogP contribution in [0.25, 0.3) is 0 Å². The molecule has 0 atom stereocenters. The highest BCUT2D eigenvalue weighted by atomic mass is 35.5. The molecule has 0 fully saturated rings. The van der Waals surface area contributed by atoms with Crippen molar-refractivity contribution in [2.45, 2.75) is 13.8 Å². The third-order valence-electron chi connectivity index (χ3n) is 1.92. The van der Waals surface area contributed by atoms with Gasteiger partial charge in [-0.2, -0.15) is 0 Å². The molecule has 0 saturated heterocycles. The lowest BCUT2D eigenvalue weighted by Crippen LogP contribution is -2.42. The van der Waals surface area contributed by atoms with Crippen LogP contribution in [-0.2, 0) is 0 Å². The summed E-state index contributed by atoms with van der Waals surface area (Å²) < 4.78 is 0. The number of hydrogen-bond acceptors (Lipinski definition) is 4. The van der Waals surface area contributed by atoms with Gasteiger partial charge in [-0.1, -0.05) is 11.6 Å². The summed E-state index contributed by atoms with van der Waals surface area (Å²) in [5.74, 6) is 0.700. The van der Waals surface area contributed by atoms with Crippen LogP contribution >= 0.6 is 11.6 Å². The number of nitrogens with zero attached hydrogens (tertiary/aromatic N) is 2. The number of hydrogen-bond donors (Lipinski definition) is 2. The van der Waals surface area contributed by atoms with E-state index in [0.717, 1.165) is 13.1 Å². The normalized spacial score (nSPS) is 16.7. The molecule has 2 N–H and O–H groups in total. The molecule has 1 aliphatic rings. The molecule has 1 heterocycles. The fraction of sp³-hybridized carbons (Fsp3) is 0.625. The zero-order valence-electron chi connectivity index (χ0n) is 7.84. The van der Waals surface area contributed by atoms with Crippen LogP contribution in [0.1, 0.15) is 13.8 Å². The van der Waals surface area contributed by atoms with Crippen molar-refractivity contribution in [1.82, 2.24) is 10.2 Å². The molecule has 0 amide bonds. The number of guanidine groups is 1. The molecular weight excluding hydrogens is 190 g/mol. The SMILES string of the molecule is CCN(CC)C1=NCC(Cl)=C(O)N1. The fourth-order valence-corrected chi connectivity index (χ4v) is 1.24. The Kier molecular flexibility index (Phi) is 3.42. The summed E-state index contributed by atoms with van der Waals surface area (Å²) in [4.78, 5) is 6.20. The minimum Gasteiger partial charge on any atom is -0.494 e. The van der Waals surface area contributed by atoms with Gasteiger partial charge in [-0.15, -0.1) is 0 Å². The van der Waals surface area contributed by atoms with E-state index in [1.54, 1.807) is 0 Å². The zero-order chi connectivity index (χ0) is 9.84. The number of rotatable bonds is 2. The molecule has 1 aliphatic heterocycles. The topological polar surface area (TPSA) is 47.9 Å². The monoisotopic (exact) mass is 203 g/mol. The summed E-state index contributed by atoms with van der Waals surface area (Å²) in [6.45, 7) is 6.13. The smallest absolute Gasteiger partial charge is 0.208 e. The van der Waals surface area contributed by atoms with Gasteiger partial charge < -0.3 is 10.0 Å². The number of aliphatic hydroxyl groups is 1. The molecule has 0 aromatic carbocycles. The average molecular weight is 204 g/mol. The average Bonchev–Trinajstić information content (AvgIpc) is 2.13. The molecule has 74 valence electrons. The first-order chi connectivity index (χ1) is 6.19. The van der Waals surface area contributed by atoms with Crippen LogP contribution in [0.2, 0.25) is 0 Å². The van der Waals surface area contributed by atoms with Gasteiger partial charge >= 0.3 is 0 Å². The molecule has 0 aromatic heterocycles. The second kappa shape index (κ2) is 4.37. The predicted octanol–water partition coefficient (Wildman–Crippen LogP) is 1.25. The number of halogens is 1. The van der Waals surface area contributed by atoms with Crippen LogP contribution < -0.4 is 5.32 Å². The lowest BCUT2D eigenvalue weighted by atomic mass is 10.4. The summed E-state index contributed by atoms with van der Waals surface area (Å²) in [5, 5.41) is 12.4. The highest BCUT2D eigenvalue weighted by Crippen LogP contribution is 2.10. The molecular formula is C8H14ClN3O. The van der Waals surface area contributed by atoms with Crippen molar-refractivity contribution in [3.63, 3.8) is 0 Å². The first kappa shape index (κ1) is 10.2. The molecule has 0 spiro atoms. The van der Waals surface area contributed by atoms with Gasteiger partial charge in [0.15, 0.2) is 0 Å². The van der Waals surface area contributed by atoms with Gasteiger partial charge in [0.25, 0.3) is 0 Å². The number of aliphatic imine (C=N–C) groups is 1. The standard InChI is InChI=1S/C8H14ClN3O/c1-3-12(4-2)8-10-5-6(9)7(13)11-8/h13H,3-5H2,1-2H3,(H,10,11). The molecule has 0 aliphatic carbocycles. The van der Waals surface area contributed by atoms with Gasteiger partial charge in [-0.25, -0.2) is 4.99 Å². The van der Waals surface area contributed by atoms with E-state index in [-0.39, 0.29) is 5.88 Å². The predicted molar refractivity (Wildman–Crippen MR) is 53.9 cm³/mol. The van der Waals surface area contributed by atoms with Gasteiger partial charge in [0.1, 0.15) is 0 Å². The quantitative estimate of drug-likeness (QED) is 0.710. The maximum absolute atomic E-state index is 9.32. The third-order valence-corrected chi connectivity index (χ3v) is 2.22. The molecule has 0 bridgehead atoms. The van der Waals surface area contributed by atoms with E-state index in [1.165, 1.54) is 0 Å². The van der Waals surface area contributed by atoms with Crippen LogP contribution in [0.15, 0.2) is 15.9 Å². The number of aliphatic hydroxyl groups excluding tert-OH is 1. The van der Waals surface area contributed by atoms with Crippen LogP contribution in [0.4, 0.5) is 0 Å². The largest absolute Gasteiger partial charge is 0.494 e. The van der Waals surface area contributed by atoms with Crippen LogP contribution in [0.5, 0.6) is 0 Å². The van der Waals surface area contributed by atoms with Gasteiger partial charge in [0.2, 0.25) is 11.8 Å². The summed E-state index contributed by atoms with van der Waals surface area (Å²) in [6.07, 6.45) is 0. The van der Waals surface area contributed by atoms with Crippen molar-refractivity contribution in [2.75, 3.05) is 19.6 Å². The third kappa shape index (κ3) is 2.28. The van der Waals surface area contributed by atoms with Crippen LogP contribution in [0.3, 0.4) is 0 Å². The van der Waals surface area contributed by atoms with Gasteiger partial charge in [-0.05, 0) is 13.8 Å². The first-order valence-corrected chi connectivity index (χ1v) is 4.70. The Balaban J connectivity index is 2.65. The second-order valence-corrected chi connectivity index (χ2v) is 3.15. The minimum absolute atomic E-state index is 0.0126. The maximum Gasteiger partial charge on any atom is 0.208 e. The Hall–Kier alpha value is -0.900. The van der Waals surface area contributed by atoms with Crippen molar-refractivity contribution in [1.29, 1.82) is 0 Å².